The predicted octanol–water partition coefficient (Wildman–Crippen LogP) is 2.43. The maximum absolute atomic E-state index is 9.57. The fraction of sp³-hybridized carbons (Fsp3) is 0.429. The molecule has 0 bridgehead atoms. The van der Waals surface area contributed by atoms with Gasteiger partial charge in [0.1, 0.15) is 5.75 Å². The zero-order chi connectivity index (χ0) is 12.6. The highest BCUT2D eigenvalue weighted by atomic mass is 16.3. The number of nitrogens with one attached hydrogen (secondary N) is 1. The van der Waals surface area contributed by atoms with Gasteiger partial charge in [-0.2, -0.15) is 0 Å². The summed E-state index contributed by atoms with van der Waals surface area (Å²) >= 11 is 0. The number of likely N-dealkylation sites (N-methyl/N-ethyl adjacent to an activating group) is 1. The van der Waals surface area contributed by atoms with Crippen LogP contribution in [0.2, 0.25) is 0 Å². The minimum atomic E-state index is 0.336. The molecule has 0 aliphatic rings. The third-order valence-electron chi connectivity index (χ3n) is 3.14. The molecular weight excluding hydrogens is 212 g/mol. The van der Waals surface area contributed by atoms with Crippen molar-refractivity contribution in [2.75, 3.05) is 27.7 Å². The van der Waals surface area contributed by atoms with E-state index in [9.17, 15) is 5.11 Å². The Hall–Kier alpha value is -1.48. The summed E-state index contributed by atoms with van der Waals surface area (Å²) in [6.07, 6.45) is 1.03. The second-order valence-electron chi connectivity index (χ2n) is 5.72. The highest BCUT2D eigenvalue weighted by Gasteiger charge is 2.13. The van der Waals surface area contributed by atoms with E-state index < -0.39 is 0 Å². The van der Waals surface area contributed by atoms with Crippen LogP contribution in [0.4, 0.5) is 0 Å². The molecule has 0 atom stereocenters. The Labute approximate surface area is 102 Å². The Morgan fingerprint density at radius 1 is 1.24 bits per heavy atom. The first kappa shape index (κ1) is 12.0. The number of hydrogen-bond acceptors (Lipinski definition) is 1. The average Bonchev–Trinajstić information content (AvgIpc) is 2.49. The van der Waals surface area contributed by atoms with Gasteiger partial charge in [0.15, 0.2) is 0 Å². The van der Waals surface area contributed by atoms with Crippen LogP contribution in [0.15, 0.2) is 18.2 Å². The molecule has 0 aliphatic heterocycles. The fourth-order valence-electron chi connectivity index (χ4n) is 2.14. The molecule has 1 aromatic heterocycles. The lowest BCUT2D eigenvalue weighted by molar-refractivity contribution is -0.870. The van der Waals surface area contributed by atoms with Gasteiger partial charge in [-0.15, -0.1) is 0 Å². The van der Waals surface area contributed by atoms with Crippen LogP contribution < -0.4 is 0 Å². The zero-order valence-corrected chi connectivity index (χ0v) is 11.0. The smallest absolute Gasteiger partial charge is 0.116 e. The van der Waals surface area contributed by atoms with E-state index in [-0.39, 0.29) is 0 Å². The third-order valence-corrected chi connectivity index (χ3v) is 3.14. The normalized spacial score (nSPS) is 12.2. The molecule has 0 aliphatic carbocycles. The first-order chi connectivity index (χ1) is 7.87. The Kier molecular flexibility index (Phi) is 2.87. The number of nitrogens with zero attached hydrogens (tertiary/aromatic N) is 1. The quantitative estimate of drug-likeness (QED) is 0.785. The lowest BCUT2D eigenvalue weighted by atomic mass is 10.1. The van der Waals surface area contributed by atoms with Crippen molar-refractivity contribution in [1.82, 2.24) is 4.98 Å². The number of phenols is 1. The summed E-state index contributed by atoms with van der Waals surface area (Å²) in [6.45, 7) is 3.19. The van der Waals surface area contributed by atoms with Crippen LogP contribution in [0.25, 0.3) is 10.9 Å². The highest BCUT2D eigenvalue weighted by molar-refractivity contribution is 5.85. The fourth-order valence-corrected chi connectivity index (χ4v) is 2.14. The zero-order valence-electron chi connectivity index (χ0n) is 11.0. The van der Waals surface area contributed by atoms with Crippen molar-refractivity contribution in [3.8, 4) is 5.75 Å². The van der Waals surface area contributed by atoms with Crippen LogP contribution in [0, 0.1) is 6.92 Å². The minimum Gasteiger partial charge on any atom is -0.508 e. The van der Waals surface area contributed by atoms with Gasteiger partial charge in [-0.3, -0.25) is 0 Å². The average molecular weight is 233 g/mol. The number of aryl methyl sites for hydroxylation is 1. The minimum absolute atomic E-state index is 0.336. The molecule has 2 rings (SSSR count). The molecule has 1 aromatic carbocycles. The summed E-state index contributed by atoms with van der Waals surface area (Å²) in [5, 5.41) is 10.7. The van der Waals surface area contributed by atoms with Crippen molar-refractivity contribution in [3.05, 3.63) is 29.5 Å². The summed E-state index contributed by atoms with van der Waals surface area (Å²) in [7, 11) is 6.59. The second-order valence-corrected chi connectivity index (χ2v) is 5.72. The van der Waals surface area contributed by atoms with E-state index >= 15 is 0 Å². The largest absolute Gasteiger partial charge is 0.508 e. The molecule has 17 heavy (non-hydrogen) atoms. The maximum Gasteiger partial charge on any atom is 0.116 e. The lowest BCUT2D eigenvalue weighted by Crippen LogP contribution is -2.36. The van der Waals surface area contributed by atoms with E-state index in [1.807, 2.05) is 12.1 Å². The Morgan fingerprint density at radius 2 is 1.94 bits per heavy atom. The van der Waals surface area contributed by atoms with Gasteiger partial charge in [0.05, 0.1) is 27.7 Å². The van der Waals surface area contributed by atoms with Crippen LogP contribution in [-0.4, -0.2) is 42.3 Å². The van der Waals surface area contributed by atoms with E-state index in [0.717, 1.165) is 28.4 Å². The molecule has 2 N–H and O–H groups in total. The van der Waals surface area contributed by atoms with Gasteiger partial charge in [-0.05, 0) is 30.7 Å². The van der Waals surface area contributed by atoms with Gasteiger partial charge in [0.25, 0.3) is 0 Å². The van der Waals surface area contributed by atoms with Crippen LogP contribution in [0.5, 0.6) is 5.75 Å². The number of H-pyrrole nitrogens is 1. The standard InChI is InChI=1S/C14H20N2O/c1-10-12(7-8-16(2,3)4)13-9-11(17)5-6-14(13)15-10/h5-6,9,15H,7-8H2,1-4H3/p+1. The summed E-state index contributed by atoms with van der Waals surface area (Å²) in [5.41, 5.74) is 3.64. The monoisotopic (exact) mass is 233 g/mol. The van der Waals surface area contributed by atoms with Crippen molar-refractivity contribution in [3.63, 3.8) is 0 Å². The number of hydrogen-bond donors (Lipinski definition) is 2. The van der Waals surface area contributed by atoms with Crippen molar-refractivity contribution in [2.45, 2.75) is 13.3 Å². The van der Waals surface area contributed by atoms with Crippen molar-refractivity contribution >= 4 is 10.9 Å². The molecule has 3 nitrogen and oxygen atoms in total. The number of aromatic amines is 1. The third kappa shape index (κ3) is 2.61. The van der Waals surface area contributed by atoms with Crippen LogP contribution in [0.3, 0.4) is 0 Å². The summed E-state index contributed by atoms with van der Waals surface area (Å²) in [4.78, 5) is 3.37. The van der Waals surface area contributed by atoms with Gasteiger partial charge in [0.2, 0.25) is 0 Å². The second kappa shape index (κ2) is 4.08. The summed E-state index contributed by atoms with van der Waals surface area (Å²) in [5.74, 6) is 0.336. The van der Waals surface area contributed by atoms with E-state index in [1.54, 1.807) is 6.07 Å². The Morgan fingerprint density at radius 3 is 2.59 bits per heavy atom. The first-order valence-corrected chi connectivity index (χ1v) is 5.97. The van der Waals surface area contributed by atoms with Gasteiger partial charge in [-0.1, -0.05) is 0 Å². The van der Waals surface area contributed by atoms with Gasteiger partial charge >= 0.3 is 0 Å². The molecule has 0 saturated carbocycles. The number of quaternary nitrogens is 1. The van der Waals surface area contributed by atoms with Gasteiger partial charge < -0.3 is 14.6 Å². The van der Waals surface area contributed by atoms with Crippen molar-refractivity contribution in [2.24, 2.45) is 0 Å². The molecule has 0 amide bonds. The molecule has 0 saturated heterocycles. The first-order valence-electron chi connectivity index (χ1n) is 5.97. The Bertz CT molecular complexity index is 535. The number of fused-ring (bicyclic) bond motifs is 1. The molecule has 0 radical (unpaired) electrons. The number of benzene rings is 1. The van der Waals surface area contributed by atoms with E-state index in [1.165, 1.54) is 11.3 Å². The van der Waals surface area contributed by atoms with Gasteiger partial charge in [-0.25, -0.2) is 0 Å². The van der Waals surface area contributed by atoms with E-state index in [0.29, 0.717) is 5.75 Å². The van der Waals surface area contributed by atoms with Crippen LogP contribution in [0.1, 0.15) is 11.3 Å². The van der Waals surface area contributed by atoms with Crippen LogP contribution >= 0.6 is 0 Å². The predicted molar refractivity (Wildman–Crippen MR) is 71.3 cm³/mol. The topological polar surface area (TPSA) is 36.0 Å². The number of aromatic nitrogens is 1. The Balaban J connectivity index is 2.38. The number of aromatic hydroxyl groups is 1. The van der Waals surface area contributed by atoms with Gasteiger partial charge in [0, 0.05) is 23.0 Å². The number of rotatable bonds is 3. The molecule has 1 heterocycles. The highest BCUT2D eigenvalue weighted by Crippen LogP contribution is 2.26. The van der Waals surface area contributed by atoms with Crippen molar-refractivity contribution in [1.29, 1.82) is 0 Å². The molecule has 0 spiro atoms. The molecule has 0 fully saturated rings. The molecule has 0 unspecified atom stereocenters. The maximum atomic E-state index is 9.57. The summed E-state index contributed by atoms with van der Waals surface area (Å²) in [6, 6.07) is 5.51. The van der Waals surface area contributed by atoms with E-state index in [4.69, 9.17) is 0 Å². The van der Waals surface area contributed by atoms with E-state index in [2.05, 4.69) is 33.1 Å². The van der Waals surface area contributed by atoms with Crippen molar-refractivity contribution < 1.29 is 9.59 Å². The number of phenolic OH excluding ortho intramolecular Hbond substituents is 1. The summed E-state index contributed by atoms with van der Waals surface area (Å²) < 4.78 is 0.949. The molecule has 3 heteroatoms. The van der Waals surface area contributed by atoms with Crippen LogP contribution in [-0.2, 0) is 6.42 Å². The molecule has 2 aromatic rings. The molecule has 92 valence electrons. The lowest BCUT2D eigenvalue weighted by Gasteiger charge is -2.23. The molecular formula is C14H21N2O+. The SMILES string of the molecule is Cc1[nH]c2ccc(O)cc2c1CC[N+](C)(C)C.